The molecule has 1 atom stereocenters. The largest absolute Gasteiger partial charge is 0.449 e. The number of para-hydroxylation sites is 1. The zero-order chi connectivity index (χ0) is 19.8. The summed E-state index contributed by atoms with van der Waals surface area (Å²) in [5.41, 5.74) is 8.23. The van der Waals surface area contributed by atoms with Crippen LogP contribution in [0.2, 0.25) is 0 Å². The van der Waals surface area contributed by atoms with Gasteiger partial charge in [-0.2, -0.15) is 0 Å². The van der Waals surface area contributed by atoms with Gasteiger partial charge in [-0.1, -0.05) is 32.0 Å². The van der Waals surface area contributed by atoms with Crippen LogP contribution in [0.1, 0.15) is 36.8 Å². The van der Waals surface area contributed by atoms with E-state index in [2.05, 4.69) is 29.9 Å². The molecule has 3 rings (SSSR count). The van der Waals surface area contributed by atoms with Crippen molar-refractivity contribution in [3.63, 3.8) is 0 Å². The van der Waals surface area contributed by atoms with E-state index in [1.54, 1.807) is 0 Å². The second-order valence-corrected chi connectivity index (χ2v) is 6.97. The Morgan fingerprint density at radius 1 is 1.22 bits per heavy atom. The molecule has 2 aromatic rings. The Balaban J connectivity index is 1.80. The summed E-state index contributed by atoms with van der Waals surface area (Å²) in [5, 5.41) is 0. The van der Waals surface area contributed by atoms with Crippen molar-refractivity contribution in [1.82, 2.24) is 9.97 Å². The average Bonchev–Trinajstić information content (AvgIpc) is 2.83. The number of allylic oxidation sites excluding steroid dienone is 1. The third-order valence-corrected chi connectivity index (χ3v) is 4.82. The lowest BCUT2D eigenvalue weighted by molar-refractivity contribution is -0.122. The molecule has 0 spiro atoms. The Kier molecular flexibility index (Phi) is 4.70. The van der Waals surface area contributed by atoms with E-state index in [1.165, 1.54) is 25.4 Å². The quantitative estimate of drug-likeness (QED) is 0.655. The van der Waals surface area contributed by atoms with E-state index in [0.29, 0.717) is 0 Å². The van der Waals surface area contributed by atoms with E-state index in [-0.39, 0.29) is 22.7 Å². The Morgan fingerprint density at radius 3 is 2.56 bits per heavy atom. The lowest BCUT2D eigenvalue weighted by Gasteiger charge is -2.24. The van der Waals surface area contributed by atoms with Crippen LogP contribution in [0.25, 0.3) is 0 Å². The fourth-order valence-electron chi connectivity index (χ4n) is 3.29. The molecule has 2 N–H and O–H groups in total. The number of likely N-dealkylation sites (N-methyl/N-ethyl adjacent to an activating group) is 1. The van der Waals surface area contributed by atoms with E-state index in [0.717, 1.165) is 16.9 Å². The van der Waals surface area contributed by atoms with Gasteiger partial charge < -0.3 is 15.4 Å². The normalized spacial score (nSPS) is 17.5. The number of hydrogen-bond acceptors (Lipinski definition) is 7. The number of nitrogens with two attached hydrogens (primary N) is 1. The first-order valence-corrected chi connectivity index (χ1v) is 8.60. The molecule has 1 unspecified atom stereocenters. The van der Waals surface area contributed by atoms with Crippen LogP contribution in [0.4, 0.5) is 11.5 Å². The fourth-order valence-corrected chi connectivity index (χ4v) is 3.29. The first-order valence-electron chi connectivity index (χ1n) is 8.60. The van der Waals surface area contributed by atoms with E-state index < -0.39 is 12.1 Å². The molecule has 1 aliphatic heterocycles. The Labute approximate surface area is 157 Å². The van der Waals surface area contributed by atoms with Gasteiger partial charge in [-0.15, -0.1) is 0 Å². The van der Waals surface area contributed by atoms with E-state index in [9.17, 15) is 9.59 Å². The number of ketones is 1. The number of carbonyl (C=O) groups excluding carboxylic acids is 2. The van der Waals surface area contributed by atoms with Gasteiger partial charge in [0.05, 0.1) is 0 Å². The summed E-state index contributed by atoms with van der Waals surface area (Å²) < 4.78 is 5.24. The van der Waals surface area contributed by atoms with Crippen LogP contribution < -0.4 is 10.6 Å². The molecule has 1 aromatic heterocycles. The number of nitrogens with zero attached hydrogens (tertiary/aromatic N) is 3. The van der Waals surface area contributed by atoms with Crippen LogP contribution in [0.3, 0.4) is 0 Å². The summed E-state index contributed by atoms with van der Waals surface area (Å²) in [5.74, 6) is -1.12. The van der Waals surface area contributed by atoms with Crippen molar-refractivity contribution in [3.05, 3.63) is 59.7 Å². The maximum Gasteiger partial charge on any atom is 0.361 e. The van der Waals surface area contributed by atoms with E-state index >= 15 is 0 Å². The number of esters is 1. The summed E-state index contributed by atoms with van der Waals surface area (Å²) in [6, 6.07) is 8.01. The first kappa shape index (κ1) is 18.6. The first-order chi connectivity index (χ1) is 12.7. The van der Waals surface area contributed by atoms with Gasteiger partial charge in [0, 0.05) is 42.3 Å². The van der Waals surface area contributed by atoms with Crippen LogP contribution in [-0.4, -0.2) is 34.9 Å². The van der Waals surface area contributed by atoms with Crippen molar-refractivity contribution >= 4 is 23.3 Å². The molecule has 27 heavy (non-hydrogen) atoms. The molecule has 0 saturated carbocycles. The van der Waals surface area contributed by atoms with Crippen LogP contribution in [0.15, 0.2) is 48.4 Å². The minimum absolute atomic E-state index is 0.0346. The highest BCUT2D eigenvalue weighted by Crippen LogP contribution is 2.46. The van der Waals surface area contributed by atoms with E-state index in [1.807, 2.05) is 30.1 Å². The molecule has 7 heteroatoms. The highest BCUT2D eigenvalue weighted by molar-refractivity contribution is 5.99. The number of hydrogen-bond donors (Lipinski definition) is 1. The third kappa shape index (κ3) is 3.28. The Hall–Kier alpha value is -3.22. The summed E-state index contributed by atoms with van der Waals surface area (Å²) in [4.78, 5) is 34.5. The number of benzene rings is 1. The van der Waals surface area contributed by atoms with Gasteiger partial charge in [0.1, 0.15) is 0 Å². The molecule has 0 saturated heterocycles. The van der Waals surface area contributed by atoms with Gasteiger partial charge >= 0.3 is 5.97 Å². The molecular formula is C20H22N4O3. The lowest BCUT2D eigenvalue weighted by atomic mass is 9.83. The number of fused-ring (bicyclic) bond motifs is 1. The number of ether oxygens (including phenoxy) is 1. The minimum atomic E-state index is -0.973. The number of nitrogen functional groups attached to an aromatic ring is 1. The second-order valence-electron chi connectivity index (χ2n) is 6.97. The van der Waals surface area contributed by atoms with Gasteiger partial charge in [0.25, 0.3) is 0 Å². The molecule has 7 nitrogen and oxygen atoms in total. The Bertz CT molecular complexity index is 936. The lowest BCUT2D eigenvalue weighted by Crippen LogP contribution is -2.28. The number of aromatic nitrogens is 2. The van der Waals surface area contributed by atoms with Gasteiger partial charge in [-0.25, -0.2) is 14.8 Å². The highest BCUT2D eigenvalue weighted by Gasteiger charge is 2.39. The summed E-state index contributed by atoms with van der Waals surface area (Å²) >= 11 is 0. The maximum atomic E-state index is 12.7. The molecule has 1 aliphatic rings. The molecule has 0 radical (unpaired) electrons. The average molecular weight is 366 g/mol. The maximum absolute atomic E-state index is 12.7. The smallest absolute Gasteiger partial charge is 0.361 e. The zero-order valence-corrected chi connectivity index (χ0v) is 15.8. The van der Waals surface area contributed by atoms with Crippen LogP contribution >= 0.6 is 0 Å². The number of anilines is 2. The van der Waals surface area contributed by atoms with Crippen LogP contribution in [0.5, 0.6) is 0 Å². The van der Waals surface area contributed by atoms with E-state index in [4.69, 9.17) is 10.5 Å². The summed E-state index contributed by atoms with van der Waals surface area (Å²) in [6.45, 7) is 5.65. The van der Waals surface area contributed by atoms with Crippen molar-refractivity contribution in [2.24, 2.45) is 0 Å². The van der Waals surface area contributed by atoms with Gasteiger partial charge in [0.2, 0.25) is 0 Å². The molecule has 0 amide bonds. The summed E-state index contributed by atoms with van der Waals surface area (Å²) in [7, 11) is 1.92. The molecule has 0 aliphatic carbocycles. The third-order valence-electron chi connectivity index (χ3n) is 4.82. The van der Waals surface area contributed by atoms with Gasteiger partial charge in [-0.3, -0.25) is 4.79 Å². The molecule has 0 bridgehead atoms. The molecular weight excluding hydrogens is 344 g/mol. The van der Waals surface area contributed by atoms with Crippen LogP contribution in [0, 0.1) is 0 Å². The molecule has 2 heterocycles. The predicted molar refractivity (Wildman–Crippen MR) is 102 cm³/mol. The van der Waals surface area contributed by atoms with Gasteiger partial charge in [-0.05, 0) is 18.6 Å². The molecule has 0 fully saturated rings. The highest BCUT2D eigenvalue weighted by atomic mass is 16.5. The minimum Gasteiger partial charge on any atom is -0.449 e. The topological polar surface area (TPSA) is 98.4 Å². The van der Waals surface area contributed by atoms with Crippen molar-refractivity contribution in [2.75, 3.05) is 17.7 Å². The van der Waals surface area contributed by atoms with Crippen molar-refractivity contribution in [1.29, 1.82) is 0 Å². The zero-order valence-electron chi connectivity index (χ0n) is 15.8. The van der Waals surface area contributed by atoms with Crippen molar-refractivity contribution < 1.29 is 14.3 Å². The molecule has 1 aromatic carbocycles. The Morgan fingerprint density at radius 2 is 1.89 bits per heavy atom. The number of rotatable bonds is 4. The van der Waals surface area contributed by atoms with Crippen molar-refractivity contribution in [2.45, 2.75) is 32.3 Å². The monoisotopic (exact) mass is 366 g/mol. The predicted octanol–water partition coefficient (Wildman–Crippen LogP) is 2.48. The van der Waals surface area contributed by atoms with Crippen LogP contribution in [-0.2, 0) is 14.9 Å². The standard InChI is InChI=1S/C20H22N4O3/c1-12(27-19(26)17-18(21)23-10-9-22-17)15(25)11-16-20(2,3)13-7-5-6-8-14(13)24(16)4/h5-12H,1-4H3,(H2,21,23). The second kappa shape index (κ2) is 6.83. The number of carbonyl (C=O) groups is 2. The summed E-state index contributed by atoms with van der Waals surface area (Å²) in [6.07, 6.45) is 3.28. The fraction of sp³-hybridized carbons (Fsp3) is 0.300. The SMILES string of the molecule is CC(OC(=O)c1nccnc1N)C(=O)C=C1N(C)c2ccccc2C1(C)C. The molecule has 140 valence electrons. The van der Waals surface area contributed by atoms with Gasteiger partial charge in [0.15, 0.2) is 23.4 Å². The van der Waals surface area contributed by atoms with Crippen molar-refractivity contribution in [3.8, 4) is 0 Å².